The highest BCUT2D eigenvalue weighted by Gasteiger charge is 2.22. The van der Waals surface area contributed by atoms with Crippen molar-refractivity contribution < 1.29 is 14.7 Å². The summed E-state index contributed by atoms with van der Waals surface area (Å²) in [6.07, 6.45) is 1.23. The van der Waals surface area contributed by atoms with E-state index in [0.29, 0.717) is 12.8 Å². The van der Waals surface area contributed by atoms with Crippen LogP contribution in [0.1, 0.15) is 30.4 Å². The van der Waals surface area contributed by atoms with Gasteiger partial charge < -0.3 is 9.94 Å². The van der Waals surface area contributed by atoms with Crippen LogP contribution in [0.25, 0.3) is 0 Å². The quantitative estimate of drug-likeness (QED) is 0.868. The average molecular weight is 233 g/mol. The zero-order valence-corrected chi connectivity index (χ0v) is 9.72. The van der Waals surface area contributed by atoms with Crippen molar-refractivity contribution in [1.82, 2.24) is 0 Å². The molecule has 1 atom stereocenters. The first-order valence-corrected chi connectivity index (χ1v) is 5.66. The monoisotopic (exact) mass is 233 g/mol. The second-order valence-corrected chi connectivity index (χ2v) is 4.27. The van der Waals surface area contributed by atoms with Crippen LogP contribution in [0, 0.1) is 6.92 Å². The van der Waals surface area contributed by atoms with Gasteiger partial charge in [-0.05, 0) is 18.9 Å². The van der Waals surface area contributed by atoms with Crippen LogP contribution in [0.3, 0.4) is 0 Å². The highest BCUT2D eigenvalue weighted by atomic mass is 16.6. The van der Waals surface area contributed by atoms with Crippen LogP contribution in [0.15, 0.2) is 29.4 Å². The molecule has 0 aromatic heterocycles. The second-order valence-electron chi connectivity index (χ2n) is 4.27. The molecule has 2 rings (SSSR count). The predicted molar refractivity (Wildman–Crippen MR) is 64.1 cm³/mol. The molecule has 1 unspecified atom stereocenters. The molecule has 1 aliphatic heterocycles. The van der Waals surface area contributed by atoms with E-state index < -0.39 is 5.97 Å². The van der Waals surface area contributed by atoms with Crippen molar-refractivity contribution >= 4 is 11.7 Å². The van der Waals surface area contributed by atoms with Crippen molar-refractivity contribution in [3.05, 3.63) is 35.4 Å². The van der Waals surface area contributed by atoms with Crippen molar-refractivity contribution in [1.29, 1.82) is 0 Å². The second kappa shape index (κ2) is 4.99. The van der Waals surface area contributed by atoms with Crippen molar-refractivity contribution in [2.75, 3.05) is 0 Å². The number of benzene rings is 1. The van der Waals surface area contributed by atoms with Gasteiger partial charge in [-0.25, -0.2) is 0 Å². The zero-order valence-electron chi connectivity index (χ0n) is 9.72. The van der Waals surface area contributed by atoms with Gasteiger partial charge in [-0.1, -0.05) is 35.0 Å². The van der Waals surface area contributed by atoms with Gasteiger partial charge in [0.25, 0.3) is 0 Å². The minimum Gasteiger partial charge on any atom is -0.481 e. The Labute approximate surface area is 99.9 Å². The highest BCUT2D eigenvalue weighted by molar-refractivity contribution is 6.01. The largest absolute Gasteiger partial charge is 0.481 e. The van der Waals surface area contributed by atoms with E-state index in [9.17, 15) is 4.79 Å². The molecular formula is C13H15NO3. The SMILES string of the molecule is Cc1cccc(C2=NOC(CCC(=O)O)C2)c1. The summed E-state index contributed by atoms with van der Waals surface area (Å²) < 4.78 is 0. The summed E-state index contributed by atoms with van der Waals surface area (Å²) in [5.74, 6) is -0.794. The summed E-state index contributed by atoms with van der Waals surface area (Å²) in [4.78, 5) is 15.7. The maximum absolute atomic E-state index is 10.5. The molecule has 1 heterocycles. The van der Waals surface area contributed by atoms with Crippen LogP contribution in [0.4, 0.5) is 0 Å². The highest BCUT2D eigenvalue weighted by Crippen LogP contribution is 2.20. The van der Waals surface area contributed by atoms with Crippen molar-refractivity contribution in [3.63, 3.8) is 0 Å². The molecule has 17 heavy (non-hydrogen) atoms. The Kier molecular flexibility index (Phi) is 3.42. The van der Waals surface area contributed by atoms with E-state index in [2.05, 4.69) is 11.2 Å². The molecule has 1 aliphatic rings. The number of oxime groups is 1. The first kappa shape index (κ1) is 11.6. The molecule has 1 aromatic carbocycles. The lowest BCUT2D eigenvalue weighted by atomic mass is 10.0. The number of carbonyl (C=O) groups is 1. The number of carboxylic acids is 1. The molecule has 0 aliphatic carbocycles. The Balaban J connectivity index is 1.95. The van der Waals surface area contributed by atoms with E-state index in [1.165, 1.54) is 5.56 Å². The maximum atomic E-state index is 10.5. The fourth-order valence-electron chi connectivity index (χ4n) is 1.86. The Hall–Kier alpha value is -1.84. The predicted octanol–water partition coefficient (Wildman–Crippen LogP) is 2.35. The van der Waals surface area contributed by atoms with Crippen molar-refractivity contribution in [3.8, 4) is 0 Å². The summed E-state index contributed by atoms with van der Waals surface area (Å²) in [6.45, 7) is 2.03. The molecule has 1 aromatic rings. The van der Waals surface area contributed by atoms with E-state index in [-0.39, 0.29) is 12.5 Å². The lowest BCUT2D eigenvalue weighted by molar-refractivity contribution is -0.137. The van der Waals surface area contributed by atoms with Crippen LogP contribution in [0.5, 0.6) is 0 Å². The van der Waals surface area contributed by atoms with Gasteiger partial charge in [0.15, 0.2) is 0 Å². The van der Waals surface area contributed by atoms with Crippen LogP contribution >= 0.6 is 0 Å². The average Bonchev–Trinajstić information content (AvgIpc) is 2.75. The molecule has 90 valence electrons. The van der Waals surface area contributed by atoms with Gasteiger partial charge >= 0.3 is 5.97 Å². The number of nitrogens with zero attached hydrogens (tertiary/aromatic N) is 1. The first-order chi connectivity index (χ1) is 8.15. The molecule has 4 nitrogen and oxygen atoms in total. The van der Waals surface area contributed by atoms with Gasteiger partial charge in [0.2, 0.25) is 0 Å². The molecule has 0 saturated carbocycles. The molecule has 0 bridgehead atoms. The maximum Gasteiger partial charge on any atom is 0.303 e. The summed E-state index contributed by atoms with van der Waals surface area (Å²) in [5.41, 5.74) is 3.14. The molecule has 0 spiro atoms. The first-order valence-electron chi connectivity index (χ1n) is 5.66. The summed E-state index contributed by atoms with van der Waals surface area (Å²) in [6, 6.07) is 8.07. The van der Waals surface area contributed by atoms with Gasteiger partial charge in [-0.3, -0.25) is 4.79 Å². The molecule has 0 radical (unpaired) electrons. The van der Waals surface area contributed by atoms with Gasteiger partial charge in [-0.15, -0.1) is 0 Å². The van der Waals surface area contributed by atoms with Crippen LogP contribution in [0.2, 0.25) is 0 Å². The molecular weight excluding hydrogens is 218 g/mol. The van der Waals surface area contributed by atoms with E-state index in [1.807, 2.05) is 25.1 Å². The van der Waals surface area contributed by atoms with Crippen molar-refractivity contribution in [2.24, 2.45) is 5.16 Å². The topological polar surface area (TPSA) is 58.9 Å². The third kappa shape index (κ3) is 3.06. The van der Waals surface area contributed by atoms with Crippen LogP contribution < -0.4 is 0 Å². The molecule has 1 N–H and O–H groups in total. The van der Waals surface area contributed by atoms with E-state index >= 15 is 0 Å². The number of rotatable bonds is 4. The third-order valence-corrected chi connectivity index (χ3v) is 2.76. The fourth-order valence-corrected chi connectivity index (χ4v) is 1.86. The van der Waals surface area contributed by atoms with Gasteiger partial charge in [0, 0.05) is 12.8 Å². The van der Waals surface area contributed by atoms with E-state index in [4.69, 9.17) is 9.94 Å². The standard InChI is InChI=1S/C13H15NO3/c1-9-3-2-4-10(7-9)12-8-11(17-14-12)5-6-13(15)16/h2-4,7,11H,5-6,8H2,1H3,(H,15,16). The lowest BCUT2D eigenvalue weighted by Gasteiger charge is -2.05. The third-order valence-electron chi connectivity index (χ3n) is 2.76. The number of hydrogen-bond acceptors (Lipinski definition) is 3. The molecule has 0 fully saturated rings. The van der Waals surface area contributed by atoms with E-state index in [0.717, 1.165) is 11.3 Å². The number of aliphatic carboxylic acids is 1. The van der Waals surface area contributed by atoms with Gasteiger partial charge in [0.1, 0.15) is 6.10 Å². The Morgan fingerprint density at radius 2 is 2.41 bits per heavy atom. The zero-order chi connectivity index (χ0) is 12.3. The smallest absolute Gasteiger partial charge is 0.303 e. The molecule has 4 heteroatoms. The Morgan fingerprint density at radius 1 is 1.59 bits per heavy atom. The molecule has 0 amide bonds. The number of hydrogen-bond donors (Lipinski definition) is 1. The summed E-state index contributed by atoms with van der Waals surface area (Å²) >= 11 is 0. The molecule has 0 saturated heterocycles. The lowest BCUT2D eigenvalue weighted by Crippen LogP contribution is -2.10. The van der Waals surface area contributed by atoms with Gasteiger partial charge in [-0.2, -0.15) is 0 Å². The van der Waals surface area contributed by atoms with Gasteiger partial charge in [0.05, 0.1) is 5.71 Å². The van der Waals surface area contributed by atoms with Crippen molar-refractivity contribution in [2.45, 2.75) is 32.3 Å². The van der Waals surface area contributed by atoms with E-state index in [1.54, 1.807) is 0 Å². The normalized spacial score (nSPS) is 18.6. The Bertz CT molecular complexity index is 454. The summed E-state index contributed by atoms with van der Waals surface area (Å²) in [7, 11) is 0. The Morgan fingerprint density at radius 3 is 3.12 bits per heavy atom. The number of carboxylic acid groups (broad SMARTS) is 1. The minimum absolute atomic E-state index is 0.0957. The van der Waals surface area contributed by atoms with Crippen LogP contribution in [-0.4, -0.2) is 22.9 Å². The minimum atomic E-state index is -0.794. The fraction of sp³-hybridized carbons (Fsp3) is 0.385. The number of aryl methyl sites for hydroxylation is 1. The summed E-state index contributed by atoms with van der Waals surface area (Å²) in [5, 5.41) is 12.6. The van der Waals surface area contributed by atoms with Crippen LogP contribution in [-0.2, 0) is 9.63 Å².